The maximum absolute atomic E-state index is 12.8. The molecule has 0 fully saturated rings. The Hall–Kier alpha value is -4.33. The van der Waals surface area contributed by atoms with Gasteiger partial charge < -0.3 is 24.8 Å². The SMILES string of the molecule is O=C(COC(=O)C(Cc1ccccc1)NC(=O)c1ccccc1)NCc1ccc2c(c1)OCO2. The number of esters is 1. The summed E-state index contributed by atoms with van der Waals surface area (Å²) in [6.07, 6.45) is 0.233. The molecule has 3 aromatic rings. The number of hydrogen-bond acceptors (Lipinski definition) is 6. The highest BCUT2D eigenvalue weighted by atomic mass is 16.7. The highest BCUT2D eigenvalue weighted by molar-refractivity contribution is 5.97. The Morgan fingerprint density at radius 1 is 0.853 bits per heavy atom. The molecule has 2 N–H and O–H groups in total. The Morgan fingerprint density at radius 2 is 1.56 bits per heavy atom. The van der Waals surface area contributed by atoms with E-state index in [2.05, 4.69) is 10.6 Å². The summed E-state index contributed by atoms with van der Waals surface area (Å²) in [7, 11) is 0. The molecule has 1 aliphatic heterocycles. The second kappa shape index (κ2) is 11.0. The largest absolute Gasteiger partial charge is 0.454 e. The van der Waals surface area contributed by atoms with Gasteiger partial charge in [-0.15, -0.1) is 0 Å². The fraction of sp³-hybridized carbons (Fsp3) is 0.192. The van der Waals surface area contributed by atoms with Gasteiger partial charge in [0.2, 0.25) is 6.79 Å². The first-order valence-electron chi connectivity index (χ1n) is 10.8. The van der Waals surface area contributed by atoms with Crippen molar-refractivity contribution in [2.24, 2.45) is 0 Å². The number of benzene rings is 3. The van der Waals surface area contributed by atoms with E-state index < -0.39 is 30.4 Å². The van der Waals surface area contributed by atoms with E-state index in [9.17, 15) is 14.4 Å². The zero-order valence-electron chi connectivity index (χ0n) is 18.4. The zero-order valence-corrected chi connectivity index (χ0v) is 18.4. The van der Waals surface area contributed by atoms with Gasteiger partial charge in [0, 0.05) is 18.5 Å². The van der Waals surface area contributed by atoms with Crippen LogP contribution in [0.1, 0.15) is 21.5 Å². The van der Waals surface area contributed by atoms with Crippen molar-refractivity contribution in [3.8, 4) is 11.5 Å². The van der Waals surface area contributed by atoms with Crippen LogP contribution in [-0.4, -0.2) is 37.2 Å². The molecular formula is C26H24N2O6. The summed E-state index contributed by atoms with van der Waals surface area (Å²) in [4.78, 5) is 37.6. The monoisotopic (exact) mass is 460 g/mol. The minimum atomic E-state index is -0.947. The van der Waals surface area contributed by atoms with Crippen molar-refractivity contribution in [3.63, 3.8) is 0 Å². The maximum Gasteiger partial charge on any atom is 0.329 e. The van der Waals surface area contributed by atoms with Crippen LogP contribution in [0.3, 0.4) is 0 Å². The highest BCUT2D eigenvalue weighted by Gasteiger charge is 2.24. The molecule has 1 heterocycles. The summed E-state index contributed by atoms with van der Waals surface area (Å²) < 4.78 is 15.8. The smallest absolute Gasteiger partial charge is 0.329 e. The minimum absolute atomic E-state index is 0.173. The number of carbonyl (C=O) groups is 3. The number of ether oxygens (including phenoxy) is 3. The van der Waals surface area contributed by atoms with Gasteiger partial charge in [0.1, 0.15) is 6.04 Å². The topological polar surface area (TPSA) is 103 Å². The average molecular weight is 460 g/mol. The Balaban J connectivity index is 1.32. The van der Waals surface area contributed by atoms with Crippen LogP contribution in [-0.2, 0) is 27.3 Å². The van der Waals surface area contributed by atoms with E-state index in [0.717, 1.165) is 11.1 Å². The van der Waals surface area contributed by atoms with Crippen LogP contribution in [0, 0.1) is 0 Å². The van der Waals surface area contributed by atoms with Crippen LogP contribution in [0.15, 0.2) is 78.9 Å². The highest BCUT2D eigenvalue weighted by Crippen LogP contribution is 2.32. The van der Waals surface area contributed by atoms with E-state index in [1.54, 1.807) is 42.5 Å². The molecule has 2 amide bonds. The van der Waals surface area contributed by atoms with E-state index in [1.165, 1.54) is 0 Å². The standard InChI is InChI=1S/C26H24N2O6/c29-24(27-15-19-11-12-22-23(14-19)34-17-33-22)16-32-26(31)21(13-18-7-3-1-4-8-18)28-25(30)20-9-5-2-6-10-20/h1-12,14,21H,13,15-17H2,(H,27,29)(H,28,30). The molecule has 8 heteroatoms. The van der Waals surface area contributed by atoms with Crippen molar-refractivity contribution in [2.45, 2.75) is 19.0 Å². The Kier molecular flexibility index (Phi) is 7.39. The molecule has 0 spiro atoms. The lowest BCUT2D eigenvalue weighted by molar-refractivity contribution is -0.150. The van der Waals surface area contributed by atoms with Gasteiger partial charge in [-0.3, -0.25) is 9.59 Å². The number of fused-ring (bicyclic) bond motifs is 1. The summed E-state index contributed by atoms with van der Waals surface area (Å²) in [6.45, 7) is -0.0485. The predicted molar refractivity (Wildman–Crippen MR) is 123 cm³/mol. The fourth-order valence-corrected chi connectivity index (χ4v) is 3.41. The van der Waals surface area contributed by atoms with E-state index in [-0.39, 0.29) is 19.8 Å². The molecule has 1 unspecified atom stereocenters. The summed E-state index contributed by atoms with van der Waals surface area (Å²) in [6, 6.07) is 22.3. The second-order valence-electron chi connectivity index (χ2n) is 7.65. The summed E-state index contributed by atoms with van der Waals surface area (Å²) >= 11 is 0. The number of rotatable bonds is 9. The van der Waals surface area contributed by atoms with Crippen molar-refractivity contribution < 1.29 is 28.6 Å². The van der Waals surface area contributed by atoms with Crippen LogP contribution in [0.5, 0.6) is 11.5 Å². The quantitative estimate of drug-likeness (QED) is 0.476. The summed E-state index contributed by atoms with van der Waals surface area (Å²) in [5.74, 6) is -0.266. The van der Waals surface area contributed by atoms with E-state index in [1.807, 2.05) is 36.4 Å². The summed E-state index contributed by atoms with van der Waals surface area (Å²) in [5, 5.41) is 5.42. The molecular weight excluding hydrogens is 436 g/mol. The lowest BCUT2D eigenvalue weighted by atomic mass is 10.1. The molecule has 0 aromatic heterocycles. The van der Waals surface area contributed by atoms with E-state index in [4.69, 9.17) is 14.2 Å². The van der Waals surface area contributed by atoms with Gasteiger partial charge in [0.05, 0.1) is 0 Å². The first-order valence-corrected chi connectivity index (χ1v) is 10.8. The predicted octanol–water partition coefficient (Wildman–Crippen LogP) is 2.62. The molecule has 0 aliphatic carbocycles. The zero-order chi connectivity index (χ0) is 23.8. The van der Waals surface area contributed by atoms with Crippen molar-refractivity contribution in [1.29, 1.82) is 0 Å². The van der Waals surface area contributed by atoms with Crippen molar-refractivity contribution in [2.75, 3.05) is 13.4 Å². The van der Waals surface area contributed by atoms with E-state index >= 15 is 0 Å². The van der Waals surface area contributed by atoms with Gasteiger partial charge in [-0.05, 0) is 35.4 Å². The third-order valence-corrected chi connectivity index (χ3v) is 5.18. The Bertz CT molecular complexity index is 1150. The summed E-state index contributed by atoms with van der Waals surface area (Å²) in [5.41, 5.74) is 2.10. The lowest BCUT2D eigenvalue weighted by Crippen LogP contribution is -2.44. The molecule has 0 bridgehead atoms. The van der Waals surface area contributed by atoms with Gasteiger partial charge >= 0.3 is 5.97 Å². The van der Waals surface area contributed by atoms with Gasteiger partial charge in [-0.25, -0.2) is 4.79 Å². The lowest BCUT2D eigenvalue weighted by Gasteiger charge is -2.18. The first-order chi connectivity index (χ1) is 16.6. The molecule has 0 radical (unpaired) electrons. The van der Waals surface area contributed by atoms with Crippen LogP contribution >= 0.6 is 0 Å². The van der Waals surface area contributed by atoms with Crippen LogP contribution < -0.4 is 20.1 Å². The average Bonchev–Trinajstić information content (AvgIpc) is 3.34. The number of hydrogen-bond donors (Lipinski definition) is 2. The van der Waals surface area contributed by atoms with Gasteiger partial charge in [-0.1, -0.05) is 54.6 Å². The number of nitrogens with one attached hydrogen (secondary N) is 2. The molecule has 3 aromatic carbocycles. The minimum Gasteiger partial charge on any atom is -0.454 e. The van der Waals surface area contributed by atoms with Gasteiger partial charge in [0.25, 0.3) is 11.8 Å². The van der Waals surface area contributed by atoms with Gasteiger partial charge in [0.15, 0.2) is 18.1 Å². The Morgan fingerprint density at radius 3 is 2.32 bits per heavy atom. The first kappa shape index (κ1) is 22.8. The molecule has 34 heavy (non-hydrogen) atoms. The Labute approximate surface area is 196 Å². The number of amides is 2. The third kappa shape index (κ3) is 6.13. The van der Waals surface area contributed by atoms with E-state index in [0.29, 0.717) is 17.1 Å². The van der Waals surface area contributed by atoms with Crippen LogP contribution in [0.4, 0.5) is 0 Å². The van der Waals surface area contributed by atoms with Crippen LogP contribution in [0.2, 0.25) is 0 Å². The molecule has 0 saturated carbocycles. The van der Waals surface area contributed by atoms with Crippen molar-refractivity contribution in [1.82, 2.24) is 10.6 Å². The molecule has 1 aliphatic rings. The molecule has 1 atom stereocenters. The maximum atomic E-state index is 12.8. The van der Waals surface area contributed by atoms with Gasteiger partial charge in [-0.2, -0.15) is 0 Å². The van der Waals surface area contributed by atoms with Crippen molar-refractivity contribution in [3.05, 3.63) is 95.6 Å². The fourth-order valence-electron chi connectivity index (χ4n) is 3.41. The third-order valence-electron chi connectivity index (χ3n) is 5.18. The molecule has 0 saturated heterocycles. The second-order valence-corrected chi connectivity index (χ2v) is 7.65. The molecule has 174 valence electrons. The molecule has 4 rings (SSSR count). The number of carbonyl (C=O) groups excluding carboxylic acids is 3. The van der Waals surface area contributed by atoms with Crippen LogP contribution in [0.25, 0.3) is 0 Å². The normalized spacial score (nSPS) is 12.5. The van der Waals surface area contributed by atoms with Crippen molar-refractivity contribution >= 4 is 17.8 Å². The molecule has 8 nitrogen and oxygen atoms in total.